The summed E-state index contributed by atoms with van der Waals surface area (Å²) in [6.07, 6.45) is 2.04. The van der Waals surface area contributed by atoms with E-state index in [1.807, 2.05) is 21.7 Å². The molecular weight excluding hydrogens is 480 g/mol. The monoisotopic (exact) mass is 516 g/mol. The van der Waals surface area contributed by atoms with Gasteiger partial charge in [0.1, 0.15) is 12.4 Å². The maximum Gasteiger partial charge on any atom is 0.242 e. The van der Waals surface area contributed by atoms with Crippen LogP contribution in [0.1, 0.15) is 66.8 Å². The van der Waals surface area contributed by atoms with E-state index in [-0.39, 0.29) is 29.0 Å². The maximum absolute atomic E-state index is 13.8. The largest absolute Gasteiger partial charge is 0.341 e. The van der Waals surface area contributed by atoms with Crippen LogP contribution in [-0.4, -0.2) is 51.9 Å². The average molecular weight is 517 g/mol. The minimum Gasteiger partial charge on any atom is -0.341 e. The molecule has 0 saturated carbocycles. The number of carbonyl (C=O) groups excluding carboxylic acids is 2. The molecule has 6 nitrogen and oxygen atoms in total. The van der Waals surface area contributed by atoms with Gasteiger partial charge in [0.25, 0.3) is 0 Å². The molecule has 0 unspecified atom stereocenters. The van der Waals surface area contributed by atoms with Crippen molar-refractivity contribution in [3.05, 3.63) is 76.5 Å². The molecule has 2 amide bonds. The predicted molar refractivity (Wildman–Crippen MR) is 151 cm³/mol. The van der Waals surface area contributed by atoms with E-state index >= 15 is 0 Å². The Morgan fingerprint density at radius 2 is 1.70 bits per heavy atom. The first-order chi connectivity index (χ1) is 17.6. The van der Waals surface area contributed by atoms with Crippen LogP contribution in [0.15, 0.2) is 48.5 Å². The van der Waals surface area contributed by atoms with Gasteiger partial charge in [-0.2, -0.15) is 5.10 Å². The van der Waals surface area contributed by atoms with Gasteiger partial charge in [0.15, 0.2) is 0 Å². The molecule has 2 aliphatic heterocycles. The number of thioether (sulfide) groups is 1. The molecule has 7 heteroatoms. The number of aromatic nitrogens is 2. The molecule has 0 radical (unpaired) electrons. The van der Waals surface area contributed by atoms with Crippen molar-refractivity contribution < 1.29 is 9.59 Å². The average Bonchev–Trinajstić information content (AvgIpc) is 3.49. The van der Waals surface area contributed by atoms with Crippen LogP contribution < -0.4 is 4.90 Å². The fourth-order valence-corrected chi connectivity index (χ4v) is 6.50. The zero-order chi connectivity index (χ0) is 26.3. The van der Waals surface area contributed by atoms with Crippen molar-refractivity contribution in [2.75, 3.05) is 30.3 Å². The van der Waals surface area contributed by atoms with Crippen molar-refractivity contribution in [1.82, 2.24) is 14.7 Å². The minimum atomic E-state index is -0.264. The van der Waals surface area contributed by atoms with Crippen molar-refractivity contribution in [3.8, 4) is 5.69 Å². The molecule has 0 spiro atoms. The van der Waals surface area contributed by atoms with Crippen LogP contribution in [0, 0.1) is 13.8 Å². The highest BCUT2D eigenvalue weighted by Gasteiger charge is 2.40. The molecule has 1 fully saturated rings. The zero-order valence-electron chi connectivity index (χ0n) is 22.5. The van der Waals surface area contributed by atoms with Gasteiger partial charge >= 0.3 is 0 Å². The normalized spacial score (nSPS) is 18.2. The second-order valence-corrected chi connectivity index (χ2v) is 12.4. The van der Waals surface area contributed by atoms with E-state index in [4.69, 9.17) is 5.10 Å². The Bertz CT molecular complexity index is 1330. The Balaban J connectivity index is 1.76. The van der Waals surface area contributed by atoms with E-state index in [9.17, 15) is 9.59 Å². The third-order valence-corrected chi connectivity index (χ3v) is 8.40. The van der Waals surface area contributed by atoms with Crippen molar-refractivity contribution in [1.29, 1.82) is 0 Å². The van der Waals surface area contributed by atoms with Gasteiger partial charge in [0, 0.05) is 24.1 Å². The summed E-state index contributed by atoms with van der Waals surface area (Å²) in [5.41, 5.74) is 6.07. The van der Waals surface area contributed by atoms with E-state index in [2.05, 4.69) is 71.0 Å². The molecule has 1 aromatic heterocycles. The Labute approximate surface area is 224 Å². The second kappa shape index (κ2) is 10.0. The predicted octanol–water partition coefficient (Wildman–Crippen LogP) is 5.58. The fraction of sp³-hybridized carbons (Fsp3) is 0.433. The third-order valence-electron chi connectivity index (χ3n) is 7.14. The molecule has 0 N–H and O–H groups in total. The molecule has 5 rings (SSSR count). The smallest absolute Gasteiger partial charge is 0.242 e. The van der Waals surface area contributed by atoms with Crippen LogP contribution >= 0.6 is 11.8 Å². The summed E-state index contributed by atoms with van der Waals surface area (Å²) >= 11 is 1.63. The molecule has 3 aromatic rings. The highest BCUT2D eigenvalue weighted by Crippen LogP contribution is 2.48. The van der Waals surface area contributed by atoms with Gasteiger partial charge in [0.05, 0.1) is 22.4 Å². The first-order valence-electron chi connectivity index (χ1n) is 13.1. The van der Waals surface area contributed by atoms with Gasteiger partial charge in [0.2, 0.25) is 11.8 Å². The SMILES string of the molecule is Cc1cccc([C@H]2SCC(=O)N(CC(=O)N3CCCC3)c3c2c(C(C)(C)C)nn3-c2cccc(C)c2)c1. The quantitative estimate of drug-likeness (QED) is 0.454. The molecule has 0 aliphatic carbocycles. The highest BCUT2D eigenvalue weighted by molar-refractivity contribution is 8.00. The molecule has 3 heterocycles. The topological polar surface area (TPSA) is 58.4 Å². The first kappa shape index (κ1) is 25.6. The van der Waals surface area contributed by atoms with E-state index in [1.54, 1.807) is 16.7 Å². The molecule has 194 valence electrons. The molecule has 2 aliphatic rings. The van der Waals surface area contributed by atoms with Gasteiger partial charge in [-0.1, -0.05) is 62.7 Å². The summed E-state index contributed by atoms with van der Waals surface area (Å²) in [4.78, 5) is 30.8. The number of likely N-dealkylation sites (tertiary alicyclic amines) is 1. The number of benzene rings is 2. The Kier molecular flexibility index (Phi) is 6.92. The first-order valence-corrected chi connectivity index (χ1v) is 14.1. The molecule has 2 aromatic carbocycles. The van der Waals surface area contributed by atoms with Gasteiger partial charge in [-0.3, -0.25) is 14.5 Å². The van der Waals surface area contributed by atoms with Crippen molar-refractivity contribution in [2.24, 2.45) is 0 Å². The van der Waals surface area contributed by atoms with Gasteiger partial charge in [-0.15, -0.1) is 11.8 Å². The van der Waals surface area contributed by atoms with Crippen LogP contribution in [0.4, 0.5) is 5.82 Å². The lowest BCUT2D eigenvalue weighted by Gasteiger charge is -2.26. The van der Waals surface area contributed by atoms with Crippen molar-refractivity contribution in [2.45, 2.75) is 58.1 Å². The van der Waals surface area contributed by atoms with E-state index in [0.717, 1.165) is 59.8 Å². The number of amides is 2. The van der Waals surface area contributed by atoms with Crippen LogP contribution in [-0.2, 0) is 15.0 Å². The van der Waals surface area contributed by atoms with E-state index in [1.165, 1.54) is 5.56 Å². The Hall–Kier alpha value is -3.06. The molecule has 0 bridgehead atoms. The zero-order valence-corrected chi connectivity index (χ0v) is 23.3. The van der Waals surface area contributed by atoms with E-state index in [0.29, 0.717) is 5.75 Å². The second-order valence-electron chi connectivity index (χ2n) is 11.3. The third kappa shape index (κ3) is 5.06. The lowest BCUT2D eigenvalue weighted by atomic mass is 9.87. The number of rotatable bonds is 4. The Morgan fingerprint density at radius 3 is 2.35 bits per heavy atom. The number of aryl methyl sites for hydroxylation is 2. The standard InChI is InChI=1S/C30H36N4O2S/c1-20-10-8-12-22(16-20)27-26-28(30(3,4)5)31-34(23-13-9-11-21(2)17-23)29(26)33(25(36)19-37-27)18-24(35)32-14-6-7-15-32/h8-13,16-17,27H,6-7,14-15,18-19H2,1-5H3/t27-/m1/s1. The van der Waals surface area contributed by atoms with Crippen LogP contribution in [0.3, 0.4) is 0 Å². The summed E-state index contributed by atoms with van der Waals surface area (Å²) in [5.74, 6) is 0.982. The number of nitrogens with zero attached hydrogens (tertiary/aromatic N) is 4. The number of hydrogen-bond acceptors (Lipinski definition) is 4. The summed E-state index contributed by atoms with van der Waals surface area (Å²) < 4.78 is 1.91. The van der Waals surface area contributed by atoms with Gasteiger partial charge in [-0.25, -0.2) is 4.68 Å². The summed E-state index contributed by atoms with van der Waals surface area (Å²) in [5, 5.41) is 5.12. The number of fused-ring (bicyclic) bond motifs is 1. The van der Waals surface area contributed by atoms with Crippen molar-refractivity contribution >= 4 is 29.4 Å². The van der Waals surface area contributed by atoms with E-state index < -0.39 is 0 Å². The molecule has 1 saturated heterocycles. The van der Waals surface area contributed by atoms with Gasteiger partial charge in [-0.05, 0) is 49.9 Å². The van der Waals surface area contributed by atoms with Crippen LogP contribution in [0.5, 0.6) is 0 Å². The number of carbonyl (C=O) groups is 2. The highest BCUT2D eigenvalue weighted by atomic mass is 32.2. The van der Waals surface area contributed by atoms with Crippen LogP contribution in [0.2, 0.25) is 0 Å². The fourth-order valence-electron chi connectivity index (χ4n) is 5.31. The van der Waals surface area contributed by atoms with Gasteiger partial charge < -0.3 is 4.90 Å². The number of hydrogen-bond donors (Lipinski definition) is 0. The Morgan fingerprint density at radius 1 is 1.03 bits per heavy atom. The maximum atomic E-state index is 13.8. The number of anilines is 1. The lowest BCUT2D eigenvalue weighted by Crippen LogP contribution is -2.43. The molecule has 37 heavy (non-hydrogen) atoms. The van der Waals surface area contributed by atoms with Crippen molar-refractivity contribution in [3.63, 3.8) is 0 Å². The molecule has 1 atom stereocenters. The minimum absolute atomic E-state index is 0.00473. The summed E-state index contributed by atoms with van der Waals surface area (Å²) in [6, 6.07) is 16.7. The lowest BCUT2D eigenvalue weighted by molar-refractivity contribution is -0.130. The summed E-state index contributed by atoms with van der Waals surface area (Å²) in [7, 11) is 0. The summed E-state index contributed by atoms with van der Waals surface area (Å²) in [6.45, 7) is 12.2. The molecular formula is C30H36N4O2S. The van der Waals surface area contributed by atoms with Crippen LogP contribution in [0.25, 0.3) is 5.69 Å².